The lowest BCUT2D eigenvalue weighted by Crippen LogP contribution is -2.43. The highest BCUT2D eigenvalue weighted by Crippen LogP contribution is 2.43. The number of anilines is 1. The van der Waals surface area contributed by atoms with Gasteiger partial charge in [0.1, 0.15) is 5.82 Å². The molecule has 6 nitrogen and oxygen atoms in total. The van der Waals surface area contributed by atoms with E-state index < -0.39 is 0 Å². The molecule has 0 amide bonds. The maximum absolute atomic E-state index is 6.59. The number of fused-ring (bicyclic) bond motifs is 3. The molecule has 2 aromatic carbocycles. The van der Waals surface area contributed by atoms with Crippen LogP contribution < -0.4 is 10.6 Å². The molecule has 0 bridgehead atoms. The number of H-pyrrole nitrogens is 1. The summed E-state index contributed by atoms with van der Waals surface area (Å²) >= 11 is 0. The highest BCUT2D eigenvalue weighted by atomic mass is 16.5. The first-order chi connectivity index (χ1) is 17.7. The molecule has 3 N–H and O–H groups in total. The summed E-state index contributed by atoms with van der Waals surface area (Å²) in [5, 5.41) is 8.15. The fourth-order valence-electron chi connectivity index (χ4n) is 5.92. The number of aromatic nitrogens is 3. The van der Waals surface area contributed by atoms with Gasteiger partial charge in [0, 0.05) is 40.9 Å². The number of rotatable bonds is 4. The number of aryl methyl sites for hydroxylation is 1. The molecule has 36 heavy (non-hydrogen) atoms. The van der Waals surface area contributed by atoms with Gasteiger partial charge in [0.2, 0.25) is 0 Å². The van der Waals surface area contributed by atoms with E-state index >= 15 is 0 Å². The Balaban J connectivity index is 1.33. The second kappa shape index (κ2) is 8.57. The summed E-state index contributed by atoms with van der Waals surface area (Å²) in [6, 6.07) is 21.7. The standard InChI is InChI=1S/C30H31N5O/c31-30(13-4-14-30)22-9-7-21(8-10-22)27-24(20-5-2-1-3-6-20)19-25-26(32-27)12-11-23-28(25)33-34-29(23)35-15-17-36-18-16-35/h1-3,5-10,19H,4,11-18,31H2,(H,33,34). The van der Waals surface area contributed by atoms with Crippen molar-refractivity contribution in [1.29, 1.82) is 0 Å². The average molecular weight is 478 g/mol. The molecule has 1 saturated carbocycles. The van der Waals surface area contributed by atoms with Crippen molar-refractivity contribution in [3.8, 4) is 33.6 Å². The van der Waals surface area contributed by atoms with Crippen molar-refractivity contribution < 1.29 is 4.74 Å². The zero-order valence-corrected chi connectivity index (χ0v) is 20.5. The van der Waals surface area contributed by atoms with Crippen molar-refractivity contribution in [1.82, 2.24) is 15.2 Å². The van der Waals surface area contributed by atoms with Crippen molar-refractivity contribution in [2.45, 2.75) is 37.6 Å². The van der Waals surface area contributed by atoms with Gasteiger partial charge in [0.05, 0.1) is 30.3 Å². The van der Waals surface area contributed by atoms with Gasteiger partial charge in [0.15, 0.2) is 0 Å². The van der Waals surface area contributed by atoms with E-state index in [1.165, 1.54) is 17.5 Å². The SMILES string of the molecule is NC1(c2ccc(-c3nc4c(cc3-c3ccccc3)-c3n[nH]c(N5CCOCC5)c3CC4)cc2)CCC1. The second-order valence-electron chi connectivity index (χ2n) is 10.3. The highest BCUT2D eigenvalue weighted by molar-refractivity contribution is 5.86. The van der Waals surface area contributed by atoms with Gasteiger partial charge in [-0.05, 0) is 49.3 Å². The number of hydrogen-bond donors (Lipinski definition) is 2. The third kappa shape index (κ3) is 3.55. The number of benzene rings is 2. The molecule has 0 radical (unpaired) electrons. The second-order valence-corrected chi connectivity index (χ2v) is 10.3. The lowest BCUT2D eigenvalue weighted by atomic mass is 9.72. The number of nitrogens with zero attached hydrogens (tertiary/aromatic N) is 3. The summed E-state index contributed by atoms with van der Waals surface area (Å²) in [5.74, 6) is 1.14. The monoisotopic (exact) mass is 477 g/mol. The quantitative estimate of drug-likeness (QED) is 0.429. The Morgan fingerprint density at radius 3 is 2.36 bits per heavy atom. The lowest BCUT2D eigenvalue weighted by Gasteiger charge is -2.38. The van der Waals surface area contributed by atoms with Gasteiger partial charge in [-0.3, -0.25) is 10.1 Å². The highest BCUT2D eigenvalue weighted by Gasteiger charge is 2.34. The first-order valence-electron chi connectivity index (χ1n) is 13.1. The van der Waals surface area contributed by atoms with E-state index in [-0.39, 0.29) is 5.54 Å². The summed E-state index contributed by atoms with van der Waals surface area (Å²) in [6.07, 6.45) is 5.20. The van der Waals surface area contributed by atoms with Crippen molar-refractivity contribution in [2.75, 3.05) is 31.2 Å². The van der Waals surface area contributed by atoms with Crippen LogP contribution in [0.2, 0.25) is 0 Å². The van der Waals surface area contributed by atoms with Gasteiger partial charge < -0.3 is 15.4 Å². The molecule has 3 aliphatic rings. The van der Waals surface area contributed by atoms with E-state index in [9.17, 15) is 0 Å². The molecule has 6 heteroatoms. The van der Waals surface area contributed by atoms with E-state index in [2.05, 4.69) is 70.7 Å². The molecule has 2 aliphatic carbocycles. The molecule has 2 aromatic heterocycles. The van der Waals surface area contributed by atoms with Crippen LogP contribution in [0.3, 0.4) is 0 Å². The Labute approximate surface area is 211 Å². The third-order valence-electron chi connectivity index (χ3n) is 8.20. The first-order valence-corrected chi connectivity index (χ1v) is 13.1. The Morgan fingerprint density at radius 2 is 1.64 bits per heavy atom. The van der Waals surface area contributed by atoms with E-state index in [4.69, 9.17) is 20.6 Å². The maximum Gasteiger partial charge on any atom is 0.128 e. The zero-order chi connectivity index (χ0) is 24.1. The molecule has 182 valence electrons. The molecule has 7 rings (SSSR count). The Morgan fingerprint density at radius 1 is 0.861 bits per heavy atom. The van der Waals surface area contributed by atoms with Crippen molar-refractivity contribution in [3.63, 3.8) is 0 Å². The molecule has 1 aliphatic heterocycles. The average Bonchev–Trinajstić information content (AvgIpc) is 3.37. The van der Waals surface area contributed by atoms with E-state index in [0.717, 1.165) is 97.1 Å². The predicted octanol–water partition coefficient (Wildman–Crippen LogP) is 5.08. The van der Waals surface area contributed by atoms with Crippen LogP contribution in [0, 0.1) is 0 Å². The van der Waals surface area contributed by atoms with Crippen molar-refractivity contribution in [3.05, 3.63) is 77.5 Å². The van der Waals surface area contributed by atoms with Crippen LogP contribution in [0.5, 0.6) is 0 Å². The minimum atomic E-state index is -0.154. The molecule has 1 saturated heterocycles. The van der Waals surface area contributed by atoms with Crippen LogP contribution in [0.4, 0.5) is 5.82 Å². The van der Waals surface area contributed by atoms with Gasteiger partial charge >= 0.3 is 0 Å². The van der Waals surface area contributed by atoms with E-state index in [1.807, 2.05) is 0 Å². The Kier molecular flexibility index (Phi) is 5.19. The zero-order valence-electron chi connectivity index (χ0n) is 20.5. The lowest BCUT2D eigenvalue weighted by molar-refractivity contribution is 0.122. The molecule has 0 unspecified atom stereocenters. The maximum atomic E-state index is 6.59. The van der Waals surface area contributed by atoms with Crippen molar-refractivity contribution in [2.24, 2.45) is 5.73 Å². The number of ether oxygens (including phenoxy) is 1. The van der Waals surface area contributed by atoms with Gasteiger partial charge in [-0.15, -0.1) is 0 Å². The number of nitrogens with two attached hydrogens (primary N) is 1. The fraction of sp³-hybridized carbons (Fsp3) is 0.333. The van der Waals surface area contributed by atoms with Gasteiger partial charge in [-0.1, -0.05) is 54.6 Å². The van der Waals surface area contributed by atoms with Crippen LogP contribution in [-0.2, 0) is 23.1 Å². The molecular formula is C30H31N5O. The third-order valence-corrected chi connectivity index (χ3v) is 8.20. The number of nitrogens with one attached hydrogen (secondary N) is 1. The minimum Gasteiger partial charge on any atom is -0.378 e. The van der Waals surface area contributed by atoms with Crippen molar-refractivity contribution >= 4 is 5.82 Å². The largest absolute Gasteiger partial charge is 0.378 e. The number of aromatic amines is 1. The molecule has 4 aromatic rings. The number of morpholine rings is 1. The van der Waals surface area contributed by atoms with Gasteiger partial charge in [-0.25, -0.2) is 0 Å². The summed E-state index contributed by atoms with van der Waals surface area (Å²) in [4.78, 5) is 7.66. The van der Waals surface area contributed by atoms with Crippen LogP contribution in [0.1, 0.15) is 36.1 Å². The van der Waals surface area contributed by atoms with Crippen LogP contribution in [0.25, 0.3) is 33.6 Å². The number of hydrogen-bond acceptors (Lipinski definition) is 5. The van der Waals surface area contributed by atoms with Gasteiger partial charge in [0.25, 0.3) is 0 Å². The summed E-state index contributed by atoms with van der Waals surface area (Å²) < 4.78 is 5.56. The summed E-state index contributed by atoms with van der Waals surface area (Å²) in [6.45, 7) is 3.32. The predicted molar refractivity (Wildman–Crippen MR) is 143 cm³/mol. The normalized spacial score (nSPS) is 18.3. The van der Waals surface area contributed by atoms with Crippen LogP contribution >= 0.6 is 0 Å². The fourth-order valence-corrected chi connectivity index (χ4v) is 5.92. The molecule has 0 spiro atoms. The van der Waals surface area contributed by atoms with E-state index in [0.29, 0.717) is 0 Å². The topological polar surface area (TPSA) is 80.1 Å². The van der Waals surface area contributed by atoms with Crippen LogP contribution in [-0.4, -0.2) is 41.5 Å². The number of pyridine rings is 1. The Hall–Kier alpha value is -3.48. The van der Waals surface area contributed by atoms with E-state index in [1.54, 1.807) is 0 Å². The molecule has 3 heterocycles. The smallest absolute Gasteiger partial charge is 0.128 e. The molecule has 2 fully saturated rings. The van der Waals surface area contributed by atoms with Gasteiger partial charge in [-0.2, -0.15) is 5.10 Å². The minimum absolute atomic E-state index is 0.154. The molecular weight excluding hydrogens is 446 g/mol. The summed E-state index contributed by atoms with van der Waals surface area (Å²) in [7, 11) is 0. The Bertz CT molecular complexity index is 1400. The first kappa shape index (κ1) is 21.8. The summed E-state index contributed by atoms with van der Waals surface area (Å²) in [5.41, 5.74) is 16.7. The van der Waals surface area contributed by atoms with Crippen LogP contribution in [0.15, 0.2) is 60.7 Å². The molecule has 0 atom stereocenters.